The van der Waals surface area contributed by atoms with Crippen molar-refractivity contribution in [2.75, 3.05) is 6.26 Å². The normalized spacial score (nSPS) is 11.6. The van der Waals surface area contributed by atoms with Gasteiger partial charge in [0.05, 0.1) is 23.8 Å². The second kappa shape index (κ2) is 9.91. The van der Waals surface area contributed by atoms with Gasteiger partial charge >= 0.3 is 0 Å². The molecule has 1 aromatic heterocycles. The van der Waals surface area contributed by atoms with Gasteiger partial charge in [-0.15, -0.1) is 0 Å². The number of ether oxygens (including phenoxy) is 1. The quantitative estimate of drug-likeness (QED) is 0.310. The Kier molecular flexibility index (Phi) is 6.98. The van der Waals surface area contributed by atoms with Gasteiger partial charge in [0, 0.05) is 29.0 Å². The minimum absolute atomic E-state index is 0.278. The van der Waals surface area contributed by atoms with E-state index < -0.39 is 9.84 Å². The zero-order valence-corrected chi connectivity index (χ0v) is 20.1. The monoisotopic (exact) mass is 480 g/mol. The summed E-state index contributed by atoms with van der Waals surface area (Å²) in [5.41, 5.74) is 5.59. The topological polar surface area (TPSA) is 61.2 Å². The summed E-state index contributed by atoms with van der Waals surface area (Å²) in [5, 5.41) is 5.52. The molecule has 0 aliphatic carbocycles. The molecule has 0 N–H and O–H groups in total. The van der Waals surface area contributed by atoms with Crippen LogP contribution in [-0.4, -0.2) is 24.5 Å². The molecule has 0 fully saturated rings. The third kappa shape index (κ3) is 5.36. The predicted octanol–water partition coefficient (Wildman–Crippen LogP) is 6.01. The lowest BCUT2D eigenvalue weighted by Crippen LogP contribution is -2.05. The summed E-state index contributed by atoms with van der Waals surface area (Å²) in [4.78, 5) is 0.278. The first-order valence-electron chi connectivity index (χ1n) is 10.6. The molecule has 0 spiro atoms. The number of nitrogens with zero attached hydrogens (tertiary/aromatic N) is 2. The highest BCUT2D eigenvalue weighted by molar-refractivity contribution is 7.90. The standard InChI is InChI=1S/C26H25ClN2O3S/c1-3-29-24(18-32-17-19-7-5-4-6-8-19)25(20-9-13-22(27)14-10-20)26(28-29)21-11-15-23(16-12-21)33(2,30)31/h4-16H,3,17-18H2,1-2H3. The van der Waals surface area contributed by atoms with Crippen molar-refractivity contribution in [1.82, 2.24) is 9.78 Å². The lowest BCUT2D eigenvalue weighted by molar-refractivity contribution is 0.102. The summed E-state index contributed by atoms with van der Waals surface area (Å²) in [6.07, 6.45) is 1.20. The molecule has 0 aliphatic heterocycles. The lowest BCUT2D eigenvalue weighted by atomic mass is 9.99. The molecule has 170 valence electrons. The van der Waals surface area contributed by atoms with Gasteiger partial charge in [0.1, 0.15) is 5.69 Å². The fourth-order valence-electron chi connectivity index (χ4n) is 3.73. The van der Waals surface area contributed by atoms with Crippen LogP contribution in [-0.2, 0) is 34.3 Å². The Morgan fingerprint density at radius 3 is 2.12 bits per heavy atom. The van der Waals surface area contributed by atoms with E-state index in [2.05, 4.69) is 0 Å². The van der Waals surface area contributed by atoms with Crippen LogP contribution in [0.5, 0.6) is 0 Å². The van der Waals surface area contributed by atoms with Crippen molar-refractivity contribution in [2.24, 2.45) is 0 Å². The summed E-state index contributed by atoms with van der Waals surface area (Å²) < 4.78 is 31.8. The van der Waals surface area contributed by atoms with Gasteiger partial charge in [-0.25, -0.2) is 8.42 Å². The Hall–Kier alpha value is -2.93. The maximum atomic E-state index is 11.9. The highest BCUT2D eigenvalue weighted by Gasteiger charge is 2.21. The number of hydrogen-bond acceptors (Lipinski definition) is 4. The summed E-state index contributed by atoms with van der Waals surface area (Å²) in [6, 6.07) is 24.5. The zero-order valence-electron chi connectivity index (χ0n) is 18.5. The Bertz CT molecular complexity index is 1330. The van der Waals surface area contributed by atoms with Crippen molar-refractivity contribution < 1.29 is 13.2 Å². The molecule has 0 amide bonds. The van der Waals surface area contributed by atoms with E-state index in [0.29, 0.717) is 24.8 Å². The maximum Gasteiger partial charge on any atom is 0.175 e. The molecule has 0 saturated carbocycles. The molecule has 33 heavy (non-hydrogen) atoms. The third-order valence-electron chi connectivity index (χ3n) is 5.40. The highest BCUT2D eigenvalue weighted by Crippen LogP contribution is 2.36. The average molecular weight is 481 g/mol. The fraction of sp³-hybridized carbons (Fsp3) is 0.192. The first-order chi connectivity index (χ1) is 15.9. The summed E-state index contributed by atoms with van der Waals surface area (Å²) in [6.45, 7) is 3.59. The molecule has 0 saturated heterocycles. The van der Waals surface area contributed by atoms with E-state index in [1.165, 1.54) is 6.26 Å². The van der Waals surface area contributed by atoms with Gasteiger partial charge in [-0.3, -0.25) is 4.68 Å². The molecule has 5 nitrogen and oxygen atoms in total. The molecule has 1 heterocycles. The second-order valence-corrected chi connectivity index (χ2v) is 10.2. The van der Waals surface area contributed by atoms with E-state index in [9.17, 15) is 8.42 Å². The molecular formula is C26H25ClN2O3S. The Labute approximate surface area is 199 Å². The molecule has 0 atom stereocenters. The molecule has 4 aromatic rings. The Morgan fingerprint density at radius 1 is 0.879 bits per heavy atom. The number of rotatable bonds is 8. The zero-order chi connectivity index (χ0) is 23.4. The Balaban J connectivity index is 1.76. The lowest BCUT2D eigenvalue weighted by Gasteiger charge is -2.11. The molecular weight excluding hydrogens is 456 g/mol. The maximum absolute atomic E-state index is 11.9. The van der Waals surface area contributed by atoms with Gasteiger partial charge < -0.3 is 4.74 Å². The number of benzene rings is 3. The van der Waals surface area contributed by atoms with Crippen LogP contribution in [0.3, 0.4) is 0 Å². The van der Waals surface area contributed by atoms with E-state index in [-0.39, 0.29) is 4.90 Å². The first kappa shape index (κ1) is 23.2. The van der Waals surface area contributed by atoms with E-state index in [0.717, 1.165) is 33.6 Å². The van der Waals surface area contributed by atoms with E-state index in [1.807, 2.05) is 66.2 Å². The van der Waals surface area contributed by atoms with Gasteiger partial charge in [-0.1, -0.05) is 66.2 Å². The van der Waals surface area contributed by atoms with Gasteiger partial charge in [0.25, 0.3) is 0 Å². The molecule has 0 aliphatic rings. The molecule has 0 radical (unpaired) electrons. The van der Waals surface area contributed by atoms with E-state index in [4.69, 9.17) is 21.4 Å². The Morgan fingerprint density at radius 2 is 1.52 bits per heavy atom. The van der Waals surface area contributed by atoms with Crippen LogP contribution in [0.2, 0.25) is 5.02 Å². The minimum atomic E-state index is -3.28. The number of sulfone groups is 1. The number of halogens is 1. The SMILES string of the molecule is CCn1nc(-c2ccc(S(C)(=O)=O)cc2)c(-c2ccc(Cl)cc2)c1COCc1ccccc1. The van der Waals surface area contributed by atoms with E-state index in [1.54, 1.807) is 24.3 Å². The van der Waals surface area contributed by atoms with Crippen molar-refractivity contribution in [2.45, 2.75) is 31.6 Å². The third-order valence-corrected chi connectivity index (χ3v) is 6.78. The van der Waals surface area contributed by atoms with Crippen LogP contribution < -0.4 is 0 Å². The van der Waals surface area contributed by atoms with Crippen molar-refractivity contribution in [3.8, 4) is 22.4 Å². The summed E-state index contributed by atoms with van der Waals surface area (Å²) in [5.74, 6) is 0. The highest BCUT2D eigenvalue weighted by atomic mass is 35.5. The molecule has 0 bridgehead atoms. The molecule has 0 unspecified atom stereocenters. The molecule has 4 rings (SSSR count). The summed E-state index contributed by atoms with van der Waals surface area (Å²) >= 11 is 6.14. The predicted molar refractivity (Wildman–Crippen MR) is 132 cm³/mol. The van der Waals surface area contributed by atoms with Crippen molar-refractivity contribution in [3.05, 3.63) is 95.1 Å². The van der Waals surface area contributed by atoms with Gasteiger partial charge in [-0.2, -0.15) is 5.10 Å². The number of aromatic nitrogens is 2. The van der Waals surface area contributed by atoms with Crippen LogP contribution in [0.1, 0.15) is 18.2 Å². The average Bonchev–Trinajstić information content (AvgIpc) is 3.18. The number of aryl methyl sites for hydroxylation is 1. The van der Waals surface area contributed by atoms with Gasteiger partial charge in [0.2, 0.25) is 0 Å². The van der Waals surface area contributed by atoms with Crippen LogP contribution in [0.15, 0.2) is 83.8 Å². The fourth-order valence-corrected chi connectivity index (χ4v) is 4.48. The van der Waals surface area contributed by atoms with Crippen LogP contribution in [0, 0.1) is 0 Å². The number of hydrogen-bond donors (Lipinski definition) is 0. The van der Waals surface area contributed by atoms with Crippen molar-refractivity contribution in [3.63, 3.8) is 0 Å². The van der Waals surface area contributed by atoms with Crippen LogP contribution in [0.4, 0.5) is 0 Å². The molecule has 7 heteroatoms. The molecule has 3 aromatic carbocycles. The van der Waals surface area contributed by atoms with E-state index >= 15 is 0 Å². The van der Waals surface area contributed by atoms with Crippen molar-refractivity contribution >= 4 is 21.4 Å². The van der Waals surface area contributed by atoms with Gasteiger partial charge in [0.15, 0.2) is 9.84 Å². The van der Waals surface area contributed by atoms with Crippen LogP contribution >= 0.6 is 11.6 Å². The largest absolute Gasteiger partial charge is 0.370 e. The van der Waals surface area contributed by atoms with Crippen molar-refractivity contribution in [1.29, 1.82) is 0 Å². The summed E-state index contributed by atoms with van der Waals surface area (Å²) in [7, 11) is -3.28. The minimum Gasteiger partial charge on any atom is -0.370 e. The second-order valence-electron chi connectivity index (χ2n) is 7.77. The van der Waals surface area contributed by atoms with Gasteiger partial charge in [-0.05, 0) is 42.3 Å². The smallest absolute Gasteiger partial charge is 0.175 e. The first-order valence-corrected chi connectivity index (χ1v) is 12.9. The van der Waals surface area contributed by atoms with Crippen LogP contribution in [0.25, 0.3) is 22.4 Å².